The molecule has 0 bridgehead atoms. The molecule has 1 saturated heterocycles. The number of carbonyl (C=O) groups is 3. The molecule has 0 radical (unpaired) electrons. The summed E-state index contributed by atoms with van der Waals surface area (Å²) >= 11 is 0. The van der Waals surface area contributed by atoms with Gasteiger partial charge in [0.1, 0.15) is 5.75 Å². The number of carboxylic acid groups (broad SMARTS) is 1. The molecule has 1 heterocycles. The van der Waals surface area contributed by atoms with Gasteiger partial charge in [0.25, 0.3) is 5.91 Å². The molecule has 27 heavy (non-hydrogen) atoms. The van der Waals surface area contributed by atoms with E-state index in [1.807, 2.05) is 19.9 Å². The van der Waals surface area contributed by atoms with Gasteiger partial charge < -0.3 is 25.4 Å². The summed E-state index contributed by atoms with van der Waals surface area (Å²) in [5.74, 6) is -0.882. The summed E-state index contributed by atoms with van der Waals surface area (Å²) in [7, 11) is 0. The maximum atomic E-state index is 12.4. The van der Waals surface area contributed by atoms with Gasteiger partial charge in [-0.1, -0.05) is 19.1 Å². The van der Waals surface area contributed by atoms with Crippen LogP contribution in [0.1, 0.15) is 25.8 Å². The highest BCUT2D eigenvalue weighted by Gasteiger charge is 2.31. The Morgan fingerprint density at radius 1 is 1.26 bits per heavy atom. The summed E-state index contributed by atoms with van der Waals surface area (Å²) in [6.45, 7) is 5.33. The lowest BCUT2D eigenvalue weighted by atomic mass is 9.91. The molecule has 1 aliphatic heterocycles. The Morgan fingerprint density at radius 2 is 2.04 bits per heavy atom. The number of likely N-dealkylation sites (tertiary alicyclic amines) is 1. The zero-order valence-electron chi connectivity index (χ0n) is 15.7. The maximum absolute atomic E-state index is 12.4. The first kappa shape index (κ1) is 20.5. The minimum absolute atomic E-state index is 0.0636. The SMILES string of the molecule is CCNC(=O)COc1cccc(CNC(=O)N2CC(C)CC(C(=O)O)C2)c1. The van der Waals surface area contributed by atoms with Crippen molar-refractivity contribution >= 4 is 17.9 Å². The Bertz CT molecular complexity index is 679. The standard InChI is InChI=1S/C19H27N3O5/c1-3-20-17(23)12-27-16-6-4-5-14(8-16)9-21-19(26)22-10-13(2)7-15(11-22)18(24)25/h4-6,8,13,15H,3,7,9-12H2,1-2H3,(H,20,23)(H,21,26)(H,24,25). The molecule has 3 N–H and O–H groups in total. The third kappa shape index (κ3) is 6.47. The van der Waals surface area contributed by atoms with Crippen LogP contribution < -0.4 is 15.4 Å². The lowest BCUT2D eigenvalue weighted by Crippen LogP contribution is -2.49. The largest absolute Gasteiger partial charge is 0.484 e. The van der Waals surface area contributed by atoms with Crippen molar-refractivity contribution in [3.05, 3.63) is 29.8 Å². The molecule has 0 aromatic heterocycles. The Morgan fingerprint density at radius 3 is 2.74 bits per heavy atom. The number of rotatable bonds is 7. The van der Waals surface area contributed by atoms with Crippen LogP contribution >= 0.6 is 0 Å². The second-order valence-corrected chi connectivity index (χ2v) is 6.83. The van der Waals surface area contributed by atoms with Crippen molar-refractivity contribution in [1.82, 2.24) is 15.5 Å². The number of aliphatic carboxylic acids is 1. The molecule has 2 rings (SSSR count). The minimum Gasteiger partial charge on any atom is -0.484 e. The average molecular weight is 377 g/mol. The Labute approximate surface area is 158 Å². The number of nitrogens with one attached hydrogen (secondary N) is 2. The third-order valence-corrected chi connectivity index (χ3v) is 4.38. The van der Waals surface area contributed by atoms with E-state index >= 15 is 0 Å². The molecule has 1 aliphatic rings. The van der Waals surface area contributed by atoms with Gasteiger partial charge in [0, 0.05) is 26.2 Å². The number of urea groups is 1. The van der Waals surface area contributed by atoms with Crippen molar-refractivity contribution in [1.29, 1.82) is 0 Å². The molecule has 3 amide bonds. The van der Waals surface area contributed by atoms with Crippen LogP contribution in [0, 0.1) is 11.8 Å². The predicted molar refractivity (Wildman–Crippen MR) is 99.3 cm³/mol. The number of hydrogen-bond acceptors (Lipinski definition) is 4. The number of benzene rings is 1. The minimum atomic E-state index is -0.865. The normalized spacial score (nSPS) is 19.3. The lowest BCUT2D eigenvalue weighted by molar-refractivity contribution is -0.143. The van der Waals surface area contributed by atoms with Gasteiger partial charge in [-0.3, -0.25) is 9.59 Å². The highest BCUT2D eigenvalue weighted by Crippen LogP contribution is 2.22. The first-order chi connectivity index (χ1) is 12.9. The van der Waals surface area contributed by atoms with Gasteiger partial charge in [-0.2, -0.15) is 0 Å². The molecule has 0 aliphatic carbocycles. The third-order valence-electron chi connectivity index (χ3n) is 4.38. The Balaban J connectivity index is 1.86. The van der Waals surface area contributed by atoms with Gasteiger partial charge >= 0.3 is 12.0 Å². The molecule has 0 spiro atoms. The van der Waals surface area contributed by atoms with Crippen LogP contribution in [-0.4, -0.2) is 54.2 Å². The molecule has 2 atom stereocenters. The summed E-state index contributed by atoms with van der Waals surface area (Å²) in [5, 5.41) is 14.7. The smallest absolute Gasteiger partial charge is 0.317 e. The van der Waals surface area contributed by atoms with E-state index < -0.39 is 11.9 Å². The highest BCUT2D eigenvalue weighted by molar-refractivity contribution is 5.77. The van der Waals surface area contributed by atoms with Crippen LogP contribution in [-0.2, 0) is 16.1 Å². The average Bonchev–Trinajstić information content (AvgIpc) is 2.64. The van der Waals surface area contributed by atoms with E-state index in [0.717, 1.165) is 5.56 Å². The zero-order valence-corrected chi connectivity index (χ0v) is 15.7. The first-order valence-electron chi connectivity index (χ1n) is 9.13. The van der Waals surface area contributed by atoms with Crippen molar-refractivity contribution in [2.24, 2.45) is 11.8 Å². The van der Waals surface area contributed by atoms with E-state index in [4.69, 9.17) is 4.74 Å². The number of ether oxygens (including phenoxy) is 1. The fraction of sp³-hybridized carbons (Fsp3) is 0.526. The highest BCUT2D eigenvalue weighted by atomic mass is 16.5. The number of amides is 3. The lowest BCUT2D eigenvalue weighted by Gasteiger charge is -2.34. The molecule has 148 valence electrons. The zero-order chi connectivity index (χ0) is 19.8. The molecular formula is C19H27N3O5. The van der Waals surface area contributed by atoms with Gasteiger partial charge in [0.2, 0.25) is 0 Å². The van der Waals surface area contributed by atoms with Crippen LogP contribution in [0.5, 0.6) is 5.75 Å². The van der Waals surface area contributed by atoms with Crippen LogP contribution in [0.25, 0.3) is 0 Å². The summed E-state index contributed by atoms with van der Waals surface area (Å²) < 4.78 is 5.44. The van der Waals surface area contributed by atoms with Crippen molar-refractivity contribution in [2.45, 2.75) is 26.8 Å². The van der Waals surface area contributed by atoms with E-state index in [9.17, 15) is 19.5 Å². The van der Waals surface area contributed by atoms with Crippen molar-refractivity contribution in [3.63, 3.8) is 0 Å². The van der Waals surface area contributed by atoms with Crippen molar-refractivity contribution in [2.75, 3.05) is 26.2 Å². The number of piperidine rings is 1. The van der Waals surface area contributed by atoms with Gasteiger partial charge in [0.15, 0.2) is 6.61 Å². The number of carbonyl (C=O) groups excluding carboxylic acids is 2. The second kappa shape index (κ2) is 9.80. The van der Waals surface area contributed by atoms with E-state index in [1.54, 1.807) is 23.1 Å². The Hall–Kier alpha value is -2.77. The van der Waals surface area contributed by atoms with Crippen LogP contribution in [0.2, 0.25) is 0 Å². The number of hydrogen-bond donors (Lipinski definition) is 3. The molecule has 8 heteroatoms. The van der Waals surface area contributed by atoms with Crippen LogP contribution in [0.15, 0.2) is 24.3 Å². The molecular weight excluding hydrogens is 350 g/mol. The van der Waals surface area contributed by atoms with Gasteiger partial charge in [-0.25, -0.2) is 4.79 Å². The summed E-state index contributed by atoms with van der Waals surface area (Å²) in [6.07, 6.45) is 0.587. The quantitative estimate of drug-likeness (QED) is 0.667. The molecule has 0 saturated carbocycles. The topological polar surface area (TPSA) is 108 Å². The maximum Gasteiger partial charge on any atom is 0.317 e. The van der Waals surface area contributed by atoms with Crippen LogP contribution in [0.3, 0.4) is 0 Å². The molecule has 2 unspecified atom stereocenters. The van der Waals surface area contributed by atoms with E-state index in [1.165, 1.54) is 0 Å². The van der Waals surface area contributed by atoms with Crippen molar-refractivity contribution < 1.29 is 24.2 Å². The molecule has 1 fully saturated rings. The van der Waals surface area contributed by atoms with Crippen molar-refractivity contribution in [3.8, 4) is 5.75 Å². The first-order valence-corrected chi connectivity index (χ1v) is 9.13. The summed E-state index contributed by atoms with van der Waals surface area (Å²) in [5.41, 5.74) is 0.830. The second-order valence-electron chi connectivity index (χ2n) is 6.83. The van der Waals surface area contributed by atoms with E-state index in [2.05, 4.69) is 10.6 Å². The fourth-order valence-electron chi connectivity index (χ4n) is 3.13. The number of nitrogens with zero attached hydrogens (tertiary/aromatic N) is 1. The fourth-order valence-corrected chi connectivity index (χ4v) is 3.13. The molecule has 1 aromatic carbocycles. The summed E-state index contributed by atoms with van der Waals surface area (Å²) in [6, 6.07) is 6.87. The van der Waals surface area contributed by atoms with Gasteiger partial charge in [-0.15, -0.1) is 0 Å². The van der Waals surface area contributed by atoms with Gasteiger partial charge in [-0.05, 0) is 37.0 Å². The van der Waals surface area contributed by atoms with Gasteiger partial charge in [0.05, 0.1) is 5.92 Å². The monoisotopic (exact) mass is 377 g/mol. The number of likely N-dealkylation sites (N-methyl/N-ethyl adjacent to an activating group) is 1. The summed E-state index contributed by atoms with van der Waals surface area (Å²) in [4.78, 5) is 36.6. The number of carboxylic acids is 1. The predicted octanol–water partition coefficient (Wildman–Crippen LogP) is 1.45. The molecule has 1 aromatic rings. The molecule has 8 nitrogen and oxygen atoms in total. The van der Waals surface area contributed by atoms with E-state index in [0.29, 0.717) is 31.8 Å². The van der Waals surface area contributed by atoms with Crippen LogP contribution in [0.4, 0.5) is 4.79 Å². The Kier molecular flexibility index (Phi) is 7.45. The van der Waals surface area contributed by atoms with E-state index in [-0.39, 0.29) is 31.0 Å².